The summed E-state index contributed by atoms with van der Waals surface area (Å²) in [5, 5.41) is 13.9. The summed E-state index contributed by atoms with van der Waals surface area (Å²) in [6, 6.07) is 6.75. The van der Waals surface area contributed by atoms with Gasteiger partial charge in [0.15, 0.2) is 0 Å². The molecular weight excluding hydrogens is 232 g/mol. The van der Waals surface area contributed by atoms with Gasteiger partial charge in [-0.15, -0.1) is 0 Å². The van der Waals surface area contributed by atoms with Crippen molar-refractivity contribution in [1.82, 2.24) is 5.32 Å². The molecule has 1 aromatic rings. The van der Waals surface area contributed by atoms with E-state index in [9.17, 15) is 10.1 Å². The first-order valence-electron chi connectivity index (χ1n) is 5.97. The Kier molecular flexibility index (Phi) is 5.25. The number of para-hydroxylation sites is 1. The van der Waals surface area contributed by atoms with Gasteiger partial charge in [0.1, 0.15) is 0 Å². The van der Waals surface area contributed by atoms with Crippen LogP contribution in [0.4, 0.5) is 5.69 Å². The van der Waals surface area contributed by atoms with Crippen molar-refractivity contribution in [3.63, 3.8) is 0 Å². The van der Waals surface area contributed by atoms with Crippen molar-refractivity contribution in [2.45, 2.75) is 32.9 Å². The maximum atomic E-state index is 10.8. The molecule has 1 aromatic carbocycles. The van der Waals surface area contributed by atoms with Gasteiger partial charge in [0.25, 0.3) is 5.69 Å². The molecule has 0 bridgehead atoms. The second-order valence-electron chi connectivity index (χ2n) is 5.02. The van der Waals surface area contributed by atoms with Gasteiger partial charge in [0.05, 0.1) is 17.1 Å². The van der Waals surface area contributed by atoms with E-state index in [-0.39, 0.29) is 16.2 Å². The lowest BCUT2D eigenvalue weighted by molar-refractivity contribution is -0.385. The average molecular weight is 252 g/mol. The fourth-order valence-electron chi connectivity index (χ4n) is 1.49. The highest BCUT2D eigenvalue weighted by molar-refractivity contribution is 5.39. The molecule has 0 atom stereocenters. The molecule has 0 radical (unpaired) electrons. The van der Waals surface area contributed by atoms with Gasteiger partial charge in [-0.3, -0.25) is 10.1 Å². The molecule has 5 nitrogen and oxygen atoms in total. The van der Waals surface area contributed by atoms with E-state index in [0.29, 0.717) is 25.3 Å². The molecule has 0 aromatic heterocycles. The van der Waals surface area contributed by atoms with Crippen LogP contribution in [-0.2, 0) is 11.3 Å². The second kappa shape index (κ2) is 6.47. The van der Waals surface area contributed by atoms with Crippen molar-refractivity contribution in [2.75, 3.05) is 13.2 Å². The highest BCUT2D eigenvalue weighted by atomic mass is 16.6. The molecule has 100 valence electrons. The third-order valence-corrected chi connectivity index (χ3v) is 2.32. The fourth-order valence-corrected chi connectivity index (χ4v) is 1.49. The lowest BCUT2D eigenvalue weighted by Crippen LogP contribution is -2.26. The number of ether oxygens (including phenoxy) is 1. The van der Waals surface area contributed by atoms with Crippen molar-refractivity contribution >= 4 is 5.69 Å². The van der Waals surface area contributed by atoms with Crippen LogP contribution in [0.25, 0.3) is 0 Å². The molecule has 0 saturated carbocycles. The van der Waals surface area contributed by atoms with Gasteiger partial charge < -0.3 is 10.1 Å². The molecule has 0 aliphatic heterocycles. The van der Waals surface area contributed by atoms with Crippen molar-refractivity contribution in [3.05, 3.63) is 39.9 Å². The first-order chi connectivity index (χ1) is 8.40. The number of benzene rings is 1. The molecule has 0 unspecified atom stereocenters. The Morgan fingerprint density at radius 1 is 1.33 bits per heavy atom. The minimum absolute atomic E-state index is 0.152. The SMILES string of the molecule is CC(C)(C)OCCNCc1ccccc1[N+](=O)[O-]. The number of nitro benzene ring substituents is 1. The molecule has 0 fully saturated rings. The standard InChI is InChI=1S/C13H20N2O3/c1-13(2,3)18-9-8-14-10-11-6-4-5-7-12(11)15(16)17/h4-7,14H,8-10H2,1-3H3. The van der Waals surface area contributed by atoms with E-state index >= 15 is 0 Å². The summed E-state index contributed by atoms with van der Waals surface area (Å²) in [4.78, 5) is 10.4. The number of hydrogen-bond acceptors (Lipinski definition) is 4. The molecule has 1 rings (SSSR count). The molecule has 5 heteroatoms. The van der Waals surface area contributed by atoms with Crippen LogP contribution in [0, 0.1) is 10.1 Å². The van der Waals surface area contributed by atoms with Gasteiger partial charge in [-0.2, -0.15) is 0 Å². The van der Waals surface area contributed by atoms with Gasteiger partial charge in [0.2, 0.25) is 0 Å². The number of nitrogens with one attached hydrogen (secondary N) is 1. The van der Waals surface area contributed by atoms with Crippen molar-refractivity contribution in [3.8, 4) is 0 Å². The van der Waals surface area contributed by atoms with E-state index in [1.54, 1.807) is 18.2 Å². The lowest BCUT2D eigenvalue weighted by Gasteiger charge is -2.19. The molecule has 0 saturated heterocycles. The zero-order valence-corrected chi connectivity index (χ0v) is 11.1. The highest BCUT2D eigenvalue weighted by Gasteiger charge is 2.12. The monoisotopic (exact) mass is 252 g/mol. The van der Waals surface area contributed by atoms with Gasteiger partial charge in [-0.25, -0.2) is 0 Å². The first kappa shape index (κ1) is 14.6. The molecule has 1 N–H and O–H groups in total. The van der Waals surface area contributed by atoms with E-state index in [4.69, 9.17) is 4.74 Å². The van der Waals surface area contributed by atoms with Crippen molar-refractivity contribution in [1.29, 1.82) is 0 Å². The third kappa shape index (κ3) is 5.25. The topological polar surface area (TPSA) is 64.4 Å². The Balaban J connectivity index is 2.38. The van der Waals surface area contributed by atoms with Crippen LogP contribution in [0.5, 0.6) is 0 Å². The Hall–Kier alpha value is -1.46. The molecule has 0 heterocycles. The van der Waals surface area contributed by atoms with E-state index in [1.165, 1.54) is 6.07 Å². The van der Waals surface area contributed by atoms with Crippen molar-refractivity contribution in [2.24, 2.45) is 0 Å². The summed E-state index contributed by atoms with van der Waals surface area (Å²) in [6.07, 6.45) is 0. The first-order valence-corrected chi connectivity index (χ1v) is 5.97. The van der Waals surface area contributed by atoms with Crippen LogP contribution in [0.2, 0.25) is 0 Å². The molecular formula is C13H20N2O3. The van der Waals surface area contributed by atoms with Gasteiger partial charge in [0, 0.05) is 24.7 Å². The predicted molar refractivity (Wildman–Crippen MR) is 70.5 cm³/mol. The van der Waals surface area contributed by atoms with Crippen LogP contribution < -0.4 is 5.32 Å². The number of rotatable bonds is 6. The largest absolute Gasteiger partial charge is 0.375 e. The maximum Gasteiger partial charge on any atom is 0.273 e. The lowest BCUT2D eigenvalue weighted by atomic mass is 10.2. The third-order valence-electron chi connectivity index (χ3n) is 2.32. The van der Waals surface area contributed by atoms with Crippen LogP contribution in [0.15, 0.2) is 24.3 Å². The predicted octanol–water partition coefficient (Wildman–Crippen LogP) is 2.50. The van der Waals surface area contributed by atoms with Crippen LogP contribution >= 0.6 is 0 Å². The quantitative estimate of drug-likeness (QED) is 0.480. The van der Waals surface area contributed by atoms with Gasteiger partial charge >= 0.3 is 0 Å². The number of nitro groups is 1. The Labute approximate surface area is 107 Å². The van der Waals surface area contributed by atoms with Gasteiger partial charge in [-0.1, -0.05) is 18.2 Å². The normalized spacial score (nSPS) is 11.5. The van der Waals surface area contributed by atoms with E-state index in [1.807, 2.05) is 20.8 Å². The molecule has 0 amide bonds. The van der Waals surface area contributed by atoms with Gasteiger partial charge in [-0.05, 0) is 20.8 Å². The Morgan fingerprint density at radius 3 is 2.61 bits per heavy atom. The number of hydrogen-bond donors (Lipinski definition) is 1. The fraction of sp³-hybridized carbons (Fsp3) is 0.538. The molecule has 0 aliphatic carbocycles. The summed E-state index contributed by atoms with van der Waals surface area (Å²) in [6.45, 7) is 7.72. The second-order valence-corrected chi connectivity index (χ2v) is 5.02. The maximum absolute atomic E-state index is 10.8. The highest BCUT2D eigenvalue weighted by Crippen LogP contribution is 2.16. The van der Waals surface area contributed by atoms with E-state index < -0.39 is 0 Å². The smallest absolute Gasteiger partial charge is 0.273 e. The Morgan fingerprint density at radius 2 is 2.00 bits per heavy atom. The van der Waals surface area contributed by atoms with Crippen LogP contribution in [0.1, 0.15) is 26.3 Å². The molecule has 18 heavy (non-hydrogen) atoms. The van der Waals surface area contributed by atoms with Crippen LogP contribution in [-0.4, -0.2) is 23.7 Å². The Bertz CT molecular complexity index is 399. The summed E-state index contributed by atoms with van der Waals surface area (Å²) in [5.41, 5.74) is 0.695. The molecule has 0 spiro atoms. The number of nitrogens with zero attached hydrogens (tertiary/aromatic N) is 1. The van der Waals surface area contributed by atoms with Crippen LogP contribution in [0.3, 0.4) is 0 Å². The van der Waals surface area contributed by atoms with Crippen molar-refractivity contribution < 1.29 is 9.66 Å². The summed E-state index contributed by atoms with van der Waals surface area (Å²) >= 11 is 0. The van der Waals surface area contributed by atoms with E-state index in [2.05, 4.69) is 5.32 Å². The zero-order valence-electron chi connectivity index (χ0n) is 11.1. The minimum atomic E-state index is -0.358. The average Bonchev–Trinajstić information content (AvgIpc) is 2.27. The summed E-state index contributed by atoms with van der Waals surface area (Å²) in [7, 11) is 0. The summed E-state index contributed by atoms with van der Waals surface area (Å²) < 4.78 is 5.55. The van der Waals surface area contributed by atoms with E-state index in [0.717, 1.165) is 0 Å². The summed E-state index contributed by atoms with van der Waals surface area (Å²) in [5.74, 6) is 0. The minimum Gasteiger partial charge on any atom is -0.375 e. The molecule has 0 aliphatic rings. The zero-order chi connectivity index (χ0) is 13.6.